The average molecular weight is 419 g/mol. The Hall–Kier alpha value is -2.03. The van der Waals surface area contributed by atoms with E-state index >= 15 is 0 Å². The number of rotatable bonds is 4. The molecule has 5 rings (SSSR count). The Morgan fingerprint density at radius 3 is 2.43 bits per heavy atom. The number of hydrogen-bond acceptors (Lipinski definition) is 4. The standard InChI is InChI=1S/C22H29F2N4O2/c1-17-14-21(28(17)18-2-3-20-19(15-18)22(23,24)16-30-20)27-8-6-25(7-9-27)4-5-26-10-12-29-13-11-26/h2-3,14-15H,4-13,16H2,1H3/q+1. The van der Waals surface area contributed by atoms with Crippen LogP contribution in [-0.4, -0.2) is 92.4 Å². The second kappa shape index (κ2) is 7.90. The summed E-state index contributed by atoms with van der Waals surface area (Å²) in [4.78, 5) is 7.06. The zero-order valence-electron chi connectivity index (χ0n) is 17.4. The highest BCUT2D eigenvalue weighted by Crippen LogP contribution is 2.43. The van der Waals surface area contributed by atoms with Crippen LogP contribution in [0.25, 0.3) is 0 Å². The minimum atomic E-state index is -2.92. The second-order valence-corrected chi connectivity index (χ2v) is 8.44. The number of piperazine rings is 1. The second-order valence-electron chi connectivity index (χ2n) is 8.44. The van der Waals surface area contributed by atoms with E-state index in [1.165, 1.54) is 0 Å². The molecule has 1 aromatic carbocycles. The highest BCUT2D eigenvalue weighted by Gasteiger charge is 2.43. The van der Waals surface area contributed by atoms with Gasteiger partial charge in [-0.25, -0.2) is 0 Å². The number of amidine groups is 1. The van der Waals surface area contributed by atoms with Crippen LogP contribution in [0.2, 0.25) is 0 Å². The molecule has 4 heterocycles. The van der Waals surface area contributed by atoms with Crippen molar-refractivity contribution in [2.75, 3.05) is 77.1 Å². The molecule has 4 aliphatic heterocycles. The summed E-state index contributed by atoms with van der Waals surface area (Å²) >= 11 is 0. The van der Waals surface area contributed by atoms with Gasteiger partial charge in [-0.05, 0) is 25.1 Å². The molecule has 0 N–H and O–H groups in total. The van der Waals surface area contributed by atoms with Crippen LogP contribution in [0.4, 0.5) is 14.5 Å². The number of hydrogen-bond donors (Lipinski definition) is 0. The highest BCUT2D eigenvalue weighted by atomic mass is 19.3. The molecular weight excluding hydrogens is 390 g/mol. The number of benzene rings is 1. The smallest absolute Gasteiger partial charge is 0.310 e. The van der Waals surface area contributed by atoms with E-state index in [2.05, 4.69) is 25.4 Å². The highest BCUT2D eigenvalue weighted by molar-refractivity contribution is 6.12. The van der Waals surface area contributed by atoms with E-state index in [0.29, 0.717) is 5.75 Å². The molecule has 0 aliphatic carbocycles. The van der Waals surface area contributed by atoms with Gasteiger partial charge in [0.2, 0.25) is 0 Å². The molecule has 2 saturated heterocycles. The Morgan fingerprint density at radius 1 is 1.03 bits per heavy atom. The number of allylic oxidation sites excluding steroid dienone is 1. The van der Waals surface area contributed by atoms with Crippen molar-refractivity contribution in [1.82, 2.24) is 9.80 Å². The van der Waals surface area contributed by atoms with Gasteiger partial charge in [-0.1, -0.05) is 0 Å². The van der Waals surface area contributed by atoms with Crippen LogP contribution in [-0.2, 0) is 10.7 Å². The average Bonchev–Trinajstić information content (AvgIpc) is 3.06. The molecule has 4 aliphatic rings. The van der Waals surface area contributed by atoms with Gasteiger partial charge in [0.25, 0.3) is 5.84 Å². The molecule has 6 nitrogen and oxygen atoms in total. The number of halogens is 2. The fourth-order valence-electron chi connectivity index (χ4n) is 4.62. The lowest BCUT2D eigenvalue weighted by Gasteiger charge is -2.34. The van der Waals surface area contributed by atoms with Gasteiger partial charge in [-0.2, -0.15) is 13.7 Å². The summed E-state index contributed by atoms with van der Waals surface area (Å²) < 4.78 is 41.1. The molecule has 0 radical (unpaired) electrons. The first-order valence-corrected chi connectivity index (χ1v) is 10.8. The van der Waals surface area contributed by atoms with Crippen molar-refractivity contribution in [3.8, 4) is 5.75 Å². The largest absolute Gasteiger partial charge is 0.486 e. The predicted octanol–water partition coefficient (Wildman–Crippen LogP) is 1.95. The van der Waals surface area contributed by atoms with Gasteiger partial charge >= 0.3 is 5.92 Å². The summed E-state index contributed by atoms with van der Waals surface area (Å²) in [6, 6.07) is 5.12. The number of fused-ring (bicyclic) bond motifs is 1. The molecule has 0 bridgehead atoms. The maximum Gasteiger partial charge on any atom is 0.310 e. The lowest BCUT2D eigenvalue weighted by molar-refractivity contribution is -0.540. The first-order chi connectivity index (χ1) is 14.5. The number of anilines is 1. The molecule has 0 saturated carbocycles. The molecule has 162 valence electrons. The topological polar surface area (TPSA) is 31.2 Å². The molecular formula is C22H29F2N4O2+. The predicted molar refractivity (Wildman–Crippen MR) is 111 cm³/mol. The molecule has 0 amide bonds. The van der Waals surface area contributed by atoms with Crippen molar-refractivity contribution < 1.29 is 22.8 Å². The Bertz CT molecular complexity index is 870. The number of nitrogens with zero attached hydrogens (tertiary/aromatic N) is 4. The van der Waals surface area contributed by atoms with Gasteiger partial charge in [-0.15, -0.1) is 0 Å². The normalized spacial score (nSPS) is 24.4. The van der Waals surface area contributed by atoms with E-state index < -0.39 is 12.5 Å². The lowest BCUT2D eigenvalue weighted by Crippen LogP contribution is -2.51. The summed E-state index contributed by atoms with van der Waals surface area (Å²) in [5.41, 5.74) is 1.84. The molecule has 0 unspecified atom stereocenters. The third kappa shape index (κ3) is 3.72. The Balaban J connectivity index is 1.24. The molecule has 30 heavy (non-hydrogen) atoms. The lowest BCUT2D eigenvalue weighted by atomic mass is 10.1. The fraction of sp³-hybridized carbons (Fsp3) is 0.591. The third-order valence-electron chi connectivity index (χ3n) is 6.48. The summed E-state index contributed by atoms with van der Waals surface area (Å²) in [6.45, 7) is 11.3. The zero-order valence-corrected chi connectivity index (χ0v) is 17.4. The van der Waals surface area contributed by atoms with Crippen molar-refractivity contribution in [3.05, 3.63) is 35.5 Å². The third-order valence-corrected chi connectivity index (χ3v) is 6.48. The van der Waals surface area contributed by atoms with Crippen molar-refractivity contribution in [3.63, 3.8) is 0 Å². The summed E-state index contributed by atoms with van der Waals surface area (Å²) in [5, 5.41) is 0. The first kappa shape index (κ1) is 19.9. The number of alkyl halides is 2. The van der Waals surface area contributed by atoms with Crippen LogP contribution in [0.3, 0.4) is 0 Å². The molecule has 2 fully saturated rings. The summed E-state index contributed by atoms with van der Waals surface area (Å²) in [6.07, 6.45) is 2.14. The van der Waals surface area contributed by atoms with Gasteiger partial charge < -0.3 is 9.47 Å². The van der Waals surface area contributed by atoms with Crippen LogP contribution in [0, 0.1) is 0 Å². The van der Waals surface area contributed by atoms with E-state index in [1.54, 1.807) is 12.1 Å². The van der Waals surface area contributed by atoms with Crippen molar-refractivity contribution >= 4 is 11.5 Å². The van der Waals surface area contributed by atoms with Crippen LogP contribution in [0.5, 0.6) is 5.75 Å². The van der Waals surface area contributed by atoms with E-state index in [1.807, 2.05) is 13.0 Å². The van der Waals surface area contributed by atoms with Crippen molar-refractivity contribution in [2.45, 2.75) is 12.8 Å². The first-order valence-electron chi connectivity index (χ1n) is 10.8. The van der Waals surface area contributed by atoms with Crippen LogP contribution < -0.4 is 9.64 Å². The van der Waals surface area contributed by atoms with E-state index in [0.717, 1.165) is 82.8 Å². The van der Waals surface area contributed by atoms with Crippen molar-refractivity contribution in [1.29, 1.82) is 0 Å². The fourth-order valence-corrected chi connectivity index (χ4v) is 4.62. The zero-order chi connectivity index (χ0) is 20.7. The number of morpholine rings is 1. The number of ether oxygens (including phenoxy) is 2. The minimum Gasteiger partial charge on any atom is -0.486 e. The van der Waals surface area contributed by atoms with Crippen LogP contribution >= 0.6 is 0 Å². The summed E-state index contributed by atoms with van der Waals surface area (Å²) in [5.74, 6) is -1.52. The maximum absolute atomic E-state index is 14.1. The van der Waals surface area contributed by atoms with E-state index in [-0.39, 0.29) is 5.56 Å². The van der Waals surface area contributed by atoms with Gasteiger partial charge in [0.05, 0.1) is 37.9 Å². The van der Waals surface area contributed by atoms with Crippen LogP contribution in [0.15, 0.2) is 30.0 Å². The van der Waals surface area contributed by atoms with Gasteiger partial charge in [0.15, 0.2) is 6.61 Å². The monoisotopic (exact) mass is 419 g/mol. The summed E-state index contributed by atoms with van der Waals surface area (Å²) in [7, 11) is 0. The molecule has 0 spiro atoms. The minimum absolute atomic E-state index is 0.00742. The molecule has 1 aromatic rings. The van der Waals surface area contributed by atoms with Crippen molar-refractivity contribution in [2.24, 2.45) is 0 Å². The Kier molecular flexibility index (Phi) is 5.24. The SMILES string of the molecule is CC1=CC(=[N+]2CCN(CCN3CCOCC3)CC2)N1c1ccc2c(c1)C(F)(F)CO2. The van der Waals surface area contributed by atoms with Crippen LogP contribution in [0.1, 0.15) is 12.5 Å². The Labute approximate surface area is 176 Å². The van der Waals surface area contributed by atoms with E-state index in [9.17, 15) is 8.78 Å². The Morgan fingerprint density at radius 2 is 1.73 bits per heavy atom. The van der Waals surface area contributed by atoms with Gasteiger partial charge in [0, 0.05) is 39.3 Å². The quantitative estimate of drug-likeness (QED) is 0.697. The molecule has 0 atom stereocenters. The van der Waals surface area contributed by atoms with Gasteiger partial charge in [-0.3, -0.25) is 14.4 Å². The maximum atomic E-state index is 14.1. The van der Waals surface area contributed by atoms with E-state index in [4.69, 9.17) is 9.47 Å². The van der Waals surface area contributed by atoms with Gasteiger partial charge in [0.1, 0.15) is 17.1 Å². The molecule has 0 aromatic heterocycles. The molecule has 8 heteroatoms.